The maximum Gasteiger partial charge on any atom is 0.173 e. The lowest BCUT2D eigenvalue weighted by Crippen LogP contribution is -2.22. The van der Waals surface area contributed by atoms with Crippen LogP contribution in [0.3, 0.4) is 0 Å². The molecule has 0 spiro atoms. The highest BCUT2D eigenvalue weighted by molar-refractivity contribution is 9.10. The fourth-order valence-electron chi connectivity index (χ4n) is 2.61. The highest BCUT2D eigenvalue weighted by Crippen LogP contribution is 2.21. The molecule has 1 saturated heterocycles. The topological polar surface area (TPSA) is 71.5 Å². The monoisotopic (exact) mass is 338 g/mol. The summed E-state index contributed by atoms with van der Waals surface area (Å²) in [5.74, 6) is 1.39. The summed E-state index contributed by atoms with van der Waals surface area (Å²) in [6.45, 7) is 4.56. The Balaban J connectivity index is 1.62. The predicted octanol–water partition coefficient (Wildman–Crippen LogP) is 1.97. The van der Waals surface area contributed by atoms with Gasteiger partial charge in [-0.2, -0.15) is 9.61 Å². The molecule has 6 nitrogen and oxygen atoms in total. The standard InChI is InChI=1S/C13H19BrN6/c14-10-9-17-20-12(8-11(15)18-13(10)20)16-4-3-7-19-5-1-2-6-19/h8-9,16H,1-7H2,(H2,15,18). The van der Waals surface area contributed by atoms with Gasteiger partial charge in [-0.25, -0.2) is 4.98 Å². The fraction of sp³-hybridized carbons (Fsp3) is 0.538. The Bertz CT molecular complexity index is 590. The van der Waals surface area contributed by atoms with Crippen LogP contribution in [-0.4, -0.2) is 45.7 Å². The van der Waals surface area contributed by atoms with E-state index in [9.17, 15) is 0 Å². The van der Waals surface area contributed by atoms with Crippen molar-refractivity contribution in [2.24, 2.45) is 0 Å². The molecule has 7 heteroatoms. The number of halogens is 1. The lowest BCUT2D eigenvalue weighted by atomic mass is 10.4. The number of fused-ring (bicyclic) bond motifs is 1. The van der Waals surface area contributed by atoms with E-state index in [2.05, 4.69) is 36.2 Å². The quantitative estimate of drug-likeness (QED) is 0.815. The minimum atomic E-state index is 0.501. The number of hydrogen-bond donors (Lipinski definition) is 2. The zero-order valence-corrected chi connectivity index (χ0v) is 12.9. The summed E-state index contributed by atoms with van der Waals surface area (Å²) in [6.07, 6.45) is 5.54. The number of nitrogen functional groups attached to an aromatic ring is 1. The Hall–Kier alpha value is -1.34. The van der Waals surface area contributed by atoms with Gasteiger partial charge in [0.1, 0.15) is 11.6 Å². The number of rotatable bonds is 5. The molecule has 108 valence electrons. The molecule has 1 fully saturated rings. The molecule has 0 amide bonds. The van der Waals surface area contributed by atoms with Gasteiger partial charge in [0.05, 0.1) is 10.7 Å². The maximum atomic E-state index is 5.84. The molecule has 0 saturated carbocycles. The number of likely N-dealkylation sites (tertiary alicyclic amines) is 1. The van der Waals surface area contributed by atoms with Gasteiger partial charge in [0.15, 0.2) is 5.65 Å². The van der Waals surface area contributed by atoms with E-state index < -0.39 is 0 Å². The van der Waals surface area contributed by atoms with Gasteiger partial charge in [-0.15, -0.1) is 0 Å². The van der Waals surface area contributed by atoms with Crippen molar-refractivity contribution in [2.75, 3.05) is 37.2 Å². The lowest BCUT2D eigenvalue weighted by molar-refractivity contribution is 0.337. The molecule has 0 bridgehead atoms. The molecule has 0 aromatic carbocycles. The Morgan fingerprint density at radius 2 is 2.15 bits per heavy atom. The van der Waals surface area contributed by atoms with Gasteiger partial charge in [0, 0.05) is 12.6 Å². The molecule has 0 unspecified atom stereocenters. The van der Waals surface area contributed by atoms with Crippen LogP contribution in [0.25, 0.3) is 5.65 Å². The summed E-state index contributed by atoms with van der Waals surface area (Å²) in [4.78, 5) is 6.79. The van der Waals surface area contributed by atoms with Gasteiger partial charge in [0.2, 0.25) is 0 Å². The zero-order chi connectivity index (χ0) is 13.9. The first-order valence-electron chi connectivity index (χ1n) is 7.00. The third-order valence-corrected chi connectivity index (χ3v) is 4.16. The van der Waals surface area contributed by atoms with E-state index in [4.69, 9.17) is 5.73 Å². The normalized spacial score (nSPS) is 16.1. The van der Waals surface area contributed by atoms with Crippen molar-refractivity contribution in [2.45, 2.75) is 19.3 Å². The van der Waals surface area contributed by atoms with Crippen LogP contribution in [0.1, 0.15) is 19.3 Å². The van der Waals surface area contributed by atoms with Crippen LogP contribution in [0.5, 0.6) is 0 Å². The number of hydrogen-bond acceptors (Lipinski definition) is 5. The average molecular weight is 339 g/mol. The van der Waals surface area contributed by atoms with E-state index in [0.29, 0.717) is 5.82 Å². The Morgan fingerprint density at radius 3 is 2.95 bits per heavy atom. The zero-order valence-electron chi connectivity index (χ0n) is 11.3. The first-order valence-corrected chi connectivity index (χ1v) is 7.79. The molecule has 0 radical (unpaired) electrons. The molecular formula is C13H19BrN6. The largest absolute Gasteiger partial charge is 0.384 e. The SMILES string of the molecule is Nc1cc(NCCCN2CCCC2)n2ncc(Br)c2n1. The molecule has 2 aromatic heterocycles. The van der Waals surface area contributed by atoms with E-state index >= 15 is 0 Å². The fourth-order valence-corrected chi connectivity index (χ4v) is 2.95. The van der Waals surface area contributed by atoms with Gasteiger partial charge in [-0.3, -0.25) is 0 Å². The highest BCUT2D eigenvalue weighted by Gasteiger charge is 2.11. The highest BCUT2D eigenvalue weighted by atomic mass is 79.9. The van der Waals surface area contributed by atoms with Gasteiger partial charge >= 0.3 is 0 Å². The molecule has 1 aliphatic heterocycles. The molecule has 0 aliphatic carbocycles. The van der Waals surface area contributed by atoms with Crippen molar-refractivity contribution in [3.8, 4) is 0 Å². The van der Waals surface area contributed by atoms with Crippen LogP contribution < -0.4 is 11.1 Å². The second-order valence-corrected chi connectivity index (χ2v) is 5.98. The van der Waals surface area contributed by atoms with Crippen LogP contribution in [-0.2, 0) is 0 Å². The van der Waals surface area contributed by atoms with Gasteiger partial charge in [-0.1, -0.05) is 0 Å². The van der Waals surface area contributed by atoms with Crippen LogP contribution in [0.15, 0.2) is 16.7 Å². The van der Waals surface area contributed by atoms with Crippen molar-refractivity contribution in [3.05, 3.63) is 16.7 Å². The number of aromatic nitrogens is 3. The molecule has 2 aromatic rings. The first-order chi connectivity index (χ1) is 9.74. The first kappa shape index (κ1) is 13.6. The Morgan fingerprint density at radius 1 is 1.35 bits per heavy atom. The van der Waals surface area contributed by atoms with Gasteiger partial charge in [-0.05, 0) is 54.8 Å². The summed E-state index contributed by atoms with van der Waals surface area (Å²) >= 11 is 3.43. The third-order valence-electron chi connectivity index (χ3n) is 3.60. The van der Waals surface area contributed by atoms with Crippen molar-refractivity contribution in [3.63, 3.8) is 0 Å². The smallest absolute Gasteiger partial charge is 0.173 e. The van der Waals surface area contributed by atoms with Crippen molar-refractivity contribution in [1.82, 2.24) is 19.5 Å². The van der Waals surface area contributed by atoms with Crippen LogP contribution in [0.2, 0.25) is 0 Å². The number of nitrogens with two attached hydrogens (primary N) is 1. The van der Waals surface area contributed by atoms with Gasteiger partial charge in [0.25, 0.3) is 0 Å². The molecule has 1 aliphatic rings. The van der Waals surface area contributed by atoms with E-state index in [1.807, 2.05) is 6.07 Å². The van der Waals surface area contributed by atoms with Crippen LogP contribution in [0, 0.1) is 0 Å². The summed E-state index contributed by atoms with van der Waals surface area (Å²) in [5.41, 5.74) is 6.58. The van der Waals surface area contributed by atoms with E-state index in [1.165, 1.54) is 25.9 Å². The number of anilines is 2. The Kier molecular flexibility index (Phi) is 4.07. The number of nitrogens with one attached hydrogen (secondary N) is 1. The molecular weight excluding hydrogens is 320 g/mol. The molecule has 3 heterocycles. The van der Waals surface area contributed by atoms with E-state index in [1.54, 1.807) is 10.7 Å². The maximum absolute atomic E-state index is 5.84. The summed E-state index contributed by atoms with van der Waals surface area (Å²) in [6, 6.07) is 1.82. The molecule has 3 rings (SSSR count). The van der Waals surface area contributed by atoms with E-state index in [0.717, 1.165) is 35.4 Å². The van der Waals surface area contributed by atoms with Crippen LogP contribution in [0.4, 0.5) is 11.6 Å². The minimum absolute atomic E-state index is 0.501. The second-order valence-electron chi connectivity index (χ2n) is 5.12. The summed E-state index contributed by atoms with van der Waals surface area (Å²) in [5, 5.41) is 7.69. The van der Waals surface area contributed by atoms with Crippen molar-refractivity contribution in [1.29, 1.82) is 0 Å². The minimum Gasteiger partial charge on any atom is -0.384 e. The lowest BCUT2D eigenvalue weighted by Gasteiger charge is -2.15. The number of nitrogens with zero attached hydrogens (tertiary/aromatic N) is 4. The third kappa shape index (κ3) is 2.88. The van der Waals surface area contributed by atoms with E-state index in [-0.39, 0.29) is 0 Å². The van der Waals surface area contributed by atoms with Crippen LogP contribution >= 0.6 is 15.9 Å². The Labute approximate surface area is 126 Å². The van der Waals surface area contributed by atoms with Crippen molar-refractivity contribution < 1.29 is 0 Å². The van der Waals surface area contributed by atoms with Gasteiger partial charge < -0.3 is 16.0 Å². The molecule has 3 N–H and O–H groups in total. The predicted molar refractivity (Wildman–Crippen MR) is 83.9 cm³/mol. The molecule has 20 heavy (non-hydrogen) atoms. The molecule has 0 atom stereocenters. The summed E-state index contributed by atoms with van der Waals surface area (Å²) in [7, 11) is 0. The average Bonchev–Trinajstić information content (AvgIpc) is 3.05. The second kappa shape index (κ2) is 5.97. The summed E-state index contributed by atoms with van der Waals surface area (Å²) < 4.78 is 2.63. The van der Waals surface area contributed by atoms with Crippen molar-refractivity contribution >= 4 is 33.2 Å².